The number of aryl methyl sites for hydroxylation is 1. The van der Waals surface area contributed by atoms with Gasteiger partial charge in [0.25, 0.3) is 11.8 Å². The molecule has 8 nitrogen and oxygen atoms in total. The predicted molar refractivity (Wildman–Crippen MR) is 111 cm³/mol. The van der Waals surface area contributed by atoms with Crippen molar-refractivity contribution >= 4 is 17.5 Å². The summed E-state index contributed by atoms with van der Waals surface area (Å²) in [4.78, 5) is 27.0. The number of carbonyl (C=O) groups excluding carboxylic acids is 2. The average molecular weight is 406 g/mol. The summed E-state index contributed by atoms with van der Waals surface area (Å²) >= 11 is 0. The van der Waals surface area contributed by atoms with Gasteiger partial charge in [-0.25, -0.2) is 0 Å². The number of likely N-dealkylation sites (N-methyl/N-ethyl adjacent to an activating group) is 1. The molecule has 0 saturated heterocycles. The van der Waals surface area contributed by atoms with Crippen molar-refractivity contribution in [2.45, 2.75) is 12.6 Å². The maximum Gasteiger partial charge on any atom is 0.272 e. The number of aromatic nitrogens is 2. The van der Waals surface area contributed by atoms with Gasteiger partial charge in [-0.05, 0) is 30.3 Å². The lowest BCUT2D eigenvalue weighted by atomic mass is 10.2. The highest BCUT2D eigenvalue weighted by Crippen LogP contribution is 2.29. The van der Waals surface area contributed by atoms with Crippen molar-refractivity contribution < 1.29 is 19.1 Å². The molecule has 0 saturated carbocycles. The van der Waals surface area contributed by atoms with Crippen LogP contribution in [0.4, 0.5) is 5.69 Å². The molecule has 1 atom stereocenters. The van der Waals surface area contributed by atoms with Gasteiger partial charge >= 0.3 is 0 Å². The molecule has 4 rings (SSSR count). The number of anilines is 1. The summed E-state index contributed by atoms with van der Waals surface area (Å²) < 4.78 is 13.0. The number of hydrogen-bond donors (Lipinski definition) is 1. The number of para-hydroxylation sites is 3. The number of ether oxygens (including phenoxy) is 2. The zero-order valence-corrected chi connectivity index (χ0v) is 16.7. The monoisotopic (exact) mass is 406 g/mol. The fourth-order valence-corrected chi connectivity index (χ4v) is 3.21. The molecule has 0 radical (unpaired) electrons. The second kappa shape index (κ2) is 8.28. The minimum Gasteiger partial charge on any atom is -0.489 e. The zero-order chi connectivity index (χ0) is 21.1. The molecular weight excluding hydrogens is 384 g/mol. The maximum atomic E-state index is 12.8. The summed E-state index contributed by atoms with van der Waals surface area (Å²) in [6, 6.07) is 17.5. The van der Waals surface area contributed by atoms with Crippen molar-refractivity contribution in [1.29, 1.82) is 0 Å². The Hall–Kier alpha value is -3.81. The summed E-state index contributed by atoms with van der Waals surface area (Å²) in [5, 5.41) is 6.99. The second-order valence-electron chi connectivity index (χ2n) is 6.95. The van der Waals surface area contributed by atoms with Crippen molar-refractivity contribution in [3.05, 3.63) is 72.1 Å². The standard InChI is InChI=1S/C22H22N4O4/c1-25-19-10-6-7-11-20(19)30-14-18(22(25)28)23-21(27)17-12-15(26(2)24-17)13-29-16-8-4-3-5-9-16/h3-12,18H,13-14H2,1-2H3,(H,23,27)/t18-/m1/s1. The third-order valence-electron chi connectivity index (χ3n) is 4.91. The van der Waals surface area contributed by atoms with Gasteiger partial charge in [-0.3, -0.25) is 14.3 Å². The van der Waals surface area contributed by atoms with Gasteiger partial charge in [0.05, 0.1) is 11.4 Å². The summed E-state index contributed by atoms with van der Waals surface area (Å²) in [6.45, 7) is 0.313. The van der Waals surface area contributed by atoms with E-state index in [1.54, 1.807) is 37.0 Å². The van der Waals surface area contributed by atoms with E-state index >= 15 is 0 Å². The van der Waals surface area contributed by atoms with Crippen molar-refractivity contribution in [1.82, 2.24) is 15.1 Å². The number of nitrogens with zero attached hydrogens (tertiary/aromatic N) is 3. The van der Waals surface area contributed by atoms with Crippen LogP contribution in [0.3, 0.4) is 0 Å². The minimum absolute atomic E-state index is 0.0444. The maximum absolute atomic E-state index is 12.8. The van der Waals surface area contributed by atoms with Crippen molar-refractivity contribution in [2.24, 2.45) is 7.05 Å². The average Bonchev–Trinajstić information content (AvgIpc) is 3.10. The number of rotatable bonds is 5. The van der Waals surface area contributed by atoms with Crippen LogP contribution in [0.2, 0.25) is 0 Å². The molecule has 2 heterocycles. The molecule has 8 heteroatoms. The van der Waals surface area contributed by atoms with Gasteiger partial charge < -0.3 is 19.7 Å². The molecule has 1 N–H and O–H groups in total. The van der Waals surface area contributed by atoms with Crippen molar-refractivity contribution in [3.8, 4) is 11.5 Å². The SMILES string of the molecule is CN1C(=O)[C@H](NC(=O)c2cc(COc3ccccc3)n(C)n2)COc2ccccc21. The van der Waals surface area contributed by atoms with E-state index in [4.69, 9.17) is 9.47 Å². The molecule has 3 aromatic rings. The molecule has 154 valence electrons. The first-order chi connectivity index (χ1) is 14.5. The Balaban J connectivity index is 1.43. The zero-order valence-electron chi connectivity index (χ0n) is 16.7. The fraction of sp³-hybridized carbons (Fsp3) is 0.227. The number of nitrogens with one attached hydrogen (secondary N) is 1. The molecule has 0 aliphatic carbocycles. The number of hydrogen-bond acceptors (Lipinski definition) is 5. The molecule has 0 spiro atoms. The Morgan fingerprint density at radius 3 is 2.70 bits per heavy atom. The highest BCUT2D eigenvalue weighted by Gasteiger charge is 2.31. The quantitative estimate of drug-likeness (QED) is 0.702. The lowest BCUT2D eigenvalue weighted by molar-refractivity contribution is -0.120. The van der Waals surface area contributed by atoms with Crippen LogP contribution in [0.25, 0.3) is 0 Å². The molecule has 0 unspecified atom stereocenters. The summed E-state index contributed by atoms with van der Waals surface area (Å²) in [5.41, 5.74) is 1.61. The van der Waals surface area contributed by atoms with Gasteiger partial charge in [-0.2, -0.15) is 5.10 Å². The van der Waals surface area contributed by atoms with Gasteiger partial charge in [0.1, 0.15) is 30.8 Å². The third kappa shape index (κ3) is 3.98. The molecule has 2 amide bonds. The summed E-state index contributed by atoms with van der Waals surface area (Å²) in [7, 11) is 3.40. The van der Waals surface area contributed by atoms with Crippen LogP contribution in [-0.2, 0) is 18.4 Å². The normalized spacial score (nSPS) is 15.7. The van der Waals surface area contributed by atoms with Crippen LogP contribution >= 0.6 is 0 Å². The van der Waals surface area contributed by atoms with E-state index in [0.717, 1.165) is 11.4 Å². The smallest absolute Gasteiger partial charge is 0.272 e. The number of amides is 2. The Morgan fingerprint density at radius 1 is 1.17 bits per heavy atom. The fourth-order valence-electron chi connectivity index (χ4n) is 3.21. The van der Waals surface area contributed by atoms with E-state index in [-0.39, 0.29) is 24.8 Å². The second-order valence-corrected chi connectivity index (χ2v) is 6.95. The number of benzene rings is 2. The topological polar surface area (TPSA) is 85.7 Å². The molecule has 0 bridgehead atoms. The molecule has 1 aromatic heterocycles. The summed E-state index contributed by atoms with van der Waals surface area (Å²) in [6.07, 6.45) is 0. The van der Waals surface area contributed by atoms with E-state index in [1.165, 1.54) is 4.90 Å². The van der Waals surface area contributed by atoms with Gasteiger partial charge in [0.2, 0.25) is 0 Å². The molecule has 0 fully saturated rings. The van der Waals surface area contributed by atoms with E-state index in [0.29, 0.717) is 11.4 Å². The Labute approximate surface area is 174 Å². The van der Waals surface area contributed by atoms with Crippen LogP contribution in [0.1, 0.15) is 16.2 Å². The first kappa shape index (κ1) is 19.5. The molecule has 1 aliphatic rings. The van der Waals surface area contributed by atoms with Crippen LogP contribution < -0.4 is 19.7 Å². The van der Waals surface area contributed by atoms with Gasteiger partial charge in [-0.15, -0.1) is 0 Å². The molecule has 2 aromatic carbocycles. The Bertz CT molecular complexity index is 1060. The van der Waals surface area contributed by atoms with Crippen LogP contribution in [-0.4, -0.2) is 41.3 Å². The lowest BCUT2D eigenvalue weighted by Gasteiger charge is -2.20. The summed E-state index contributed by atoms with van der Waals surface area (Å²) in [5.74, 6) is 0.631. The van der Waals surface area contributed by atoms with E-state index in [9.17, 15) is 9.59 Å². The predicted octanol–water partition coefficient (Wildman–Crippen LogP) is 2.15. The van der Waals surface area contributed by atoms with Crippen LogP contribution in [0.15, 0.2) is 60.7 Å². The lowest BCUT2D eigenvalue weighted by Crippen LogP contribution is -2.49. The minimum atomic E-state index is -0.819. The van der Waals surface area contributed by atoms with Gasteiger partial charge in [0.15, 0.2) is 5.69 Å². The van der Waals surface area contributed by atoms with Crippen molar-refractivity contribution in [3.63, 3.8) is 0 Å². The van der Waals surface area contributed by atoms with E-state index in [1.807, 2.05) is 42.5 Å². The molecule has 1 aliphatic heterocycles. The van der Waals surface area contributed by atoms with Crippen molar-refractivity contribution in [2.75, 3.05) is 18.6 Å². The van der Waals surface area contributed by atoms with Crippen LogP contribution in [0, 0.1) is 0 Å². The van der Waals surface area contributed by atoms with Gasteiger partial charge in [0, 0.05) is 14.1 Å². The Kier molecular flexibility index (Phi) is 5.38. The first-order valence-electron chi connectivity index (χ1n) is 9.54. The largest absolute Gasteiger partial charge is 0.489 e. The highest BCUT2D eigenvalue weighted by molar-refractivity contribution is 6.02. The first-order valence-corrected chi connectivity index (χ1v) is 9.54. The van der Waals surface area contributed by atoms with Gasteiger partial charge in [-0.1, -0.05) is 30.3 Å². The van der Waals surface area contributed by atoms with Crippen LogP contribution in [0.5, 0.6) is 11.5 Å². The Morgan fingerprint density at radius 2 is 1.90 bits per heavy atom. The number of carbonyl (C=O) groups is 2. The molecular formula is C22H22N4O4. The number of fused-ring (bicyclic) bond motifs is 1. The van der Waals surface area contributed by atoms with E-state index < -0.39 is 11.9 Å². The molecule has 30 heavy (non-hydrogen) atoms. The third-order valence-corrected chi connectivity index (χ3v) is 4.91. The highest BCUT2D eigenvalue weighted by atomic mass is 16.5. The van der Waals surface area contributed by atoms with E-state index in [2.05, 4.69) is 10.4 Å².